The standard InChI is InChI=1S/C36H51BrClN7O6/c1-27-20-30(38)22-31(21-27)44-26-36(2,23-28-6-8-29(37)9-7-28)45(34(44)49)11-5-4-10-39-32(46)24-41-14-12-40(3)13-15-42(25-33(47)48)17-19-43(18-16-41)35(50)51/h6-9,20-22H,4-5,10-19,23-26H2,1-3H3,(H,39,46)(H,47,48)(H,50,51)/t36-/m0/s1. The zero-order valence-electron chi connectivity index (χ0n) is 29.8. The van der Waals surface area contributed by atoms with Crippen molar-refractivity contribution in [1.29, 1.82) is 0 Å². The zero-order chi connectivity index (χ0) is 37.1. The predicted molar refractivity (Wildman–Crippen MR) is 202 cm³/mol. The maximum absolute atomic E-state index is 13.9. The molecule has 0 aliphatic carbocycles. The van der Waals surface area contributed by atoms with Gasteiger partial charge in [0.15, 0.2) is 0 Å². The molecule has 0 aromatic heterocycles. The van der Waals surface area contributed by atoms with Crippen molar-refractivity contribution in [1.82, 2.24) is 29.8 Å². The molecular formula is C36H51BrClN7O6. The molecule has 2 fully saturated rings. The second kappa shape index (κ2) is 18.9. The van der Waals surface area contributed by atoms with Crippen LogP contribution >= 0.6 is 27.5 Å². The Kier molecular flexibility index (Phi) is 14.9. The second-order valence-corrected chi connectivity index (χ2v) is 15.2. The van der Waals surface area contributed by atoms with Gasteiger partial charge in [0, 0.05) is 80.6 Å². The number of aryl methyl sites for hydroxylation is 1. The average Bonchev–Trinajstić information content (AvgIpc) is 3.30. The number of unbranched alkanes of at least 4 members (excludes halogenated alkanes) is 1. The van der Waals surface area contributed by atoms with Gasteiger partial charge in [-0.3, -0.25) is 24.3 Å². The summed E-state index contributed by atoms with van der Waals surface area (Å²) in [5, 5.41) is 22.6. The number of amides is 4. The predicted octanol–water partition coefficient (Wildman–Crippen LogP) is 4.16. The minimum Gasteiger partial charge on any atom is -0.480 e. The first kappa shape index (κ1) is 40.3. The van der Waals surface area contributed by atoms with Gasteiger partial charge in [0.1, 0.15) is 0 Å². The van der Waals surface area contributed by atoms with Gasteiger partial charge in [0.25, 0.3) is 0 Å². The Balaban J connectivity index is 1.32. The van der Waals surface area contributed by atoms with E-state index in [2.05, 4.69) is 45.2 Å². The number of halogens is 2. The van der Waals surface area contributed by atoms with E-state index in [1.807, 2.05) is 59.0 Å². The van der Waals surface area contributed by atoms with E-state index in [4.69, 9.17) is 11.6 Å². The maximum atomic E-state index is 13.9. The number of carboxylic acid groups (broad SMARTS) is 2. The van der Waals surface area contributed by atoms with E-state index in [1.165, 1.54) is 4.90 Å². The second-order valence-electron chi connectivity index (χ2n) is 13.9. The summed E-state index contributed by atoms with van der Waals surface area (Å²) in [6.07, 6.45) is 0.997. The lowest BCUT2D eigenvalue weighted by Crippen LogP contribution is -2.49. The van der Waals surface area contributed by atoms with E-state index in [-0.39, 0.29) is 38.1 Å². The number of nitrogens with zero attached hydrogens (tertiary/aromatic N) is 6. The van der Waals surface area contributed by atoms with Crippen LogP contribution in [-0.2, 0) is 16.0 Å². The molecule has 2 aliphatic rings. The molecule has 0 unspecified atom stereocenters. The van der Waals surface area contributed by atoms with Gasteiger partial charge in [-0.05, 0) is 81.6 Å². The number of likely N-dealkylation sites (N-methyl/N-ethyl adjacent to an activating group) is 1. The molecule has 0 bridgehead atoms. The molecule has 0 radical (unpaired) electrons. The minimum absolute atomic E-state index is 0.0643. The van der Waals surface area contributed by atoms with Crippen LogP contribution in [0.25, 0.3) is 0 Å². The first-order chi connectivity index (χ1) is 24.2. The number of aliphatic carboxylic acids is 1. The lowest BCUT2D eigenvalue weighted by molar-refractivity contribution is -0.138. The highest BCUT2D eigenvalue weighted by Gasteiger charge is 2.46. The number of benzene rings is 2. The molecule has 15 heteroatoms. The molecule has 2 aromatic carbocycles. The summed E-state index contributed by atoms with van der Waals surface area (Å²) in [5.74, 6) is -1.09. The molecule has 2 heterocycles. The largest absolute Gasteiger partial charge is 0.480 e. The number of hydrogen-bond acceptors (Lipinski definition) is 7. The summed E-state index contributed by atoms with van der Waals surface area (Å²) in [6.45, 7) is 9.01. The van der Waals surface area contributed by atoms with E-state index >= 15 is 0 Å². The number of carbonyl (C=O) groups excluding carboxylic acids is 2. The van der Waals surface area contributed by atoms with Gasteiger partial charge in [-0.1, -0.05) is 39.7 Å². The van der Waals surface area contributed by atoms with E-state index < -0.39 is 17.6 Å². The molecule has 1 atom stereocenters. The van der Waals surface area contributed by atoms with Crippen molar-refractivity contribution in [2.24, 2.45) is 0 Å². The number of carbonyl (C=O) groups is 4. The Morgan fingerprint density at radius 2 is 1.53 bits per heavy atom. The molecule has 0 saturated carbocycles. The van der Waals surface area contributed by atoms with Crippen LogP contribution in [0.2, 0.25) is 5.02 Å². The smallest absolute Gasteiger partial charge is 0.407 e. The van der Waals surface area contributed by atoms with Gasteiger partial charge in [-0.25, -0.2) is 9.59 Å². The van der Waals surface area contributed by atoms with Crippen LogP contribution < -0.4 is 10.2 Å². The van der Waals surface area contributed by atoms with Crippen LogP contribution in [0.15, 0.2) is 46.9 Å². The van der Waals surface area contributed by atoms with Crippen LogP contribution in [-0.4, -0.2) is 156 Å². The van der Waals surface area contributed by atoms with E-state index in [1.54, 1.807) is 4.90 Å². The molecule has 4 amide bonds. The van der Waals surface area contributed by atoms with Crippen molar-refractivity contribution >= 4 is 57.2 Å². The molecular weight excluding hydrogens is 742 g/mol. The van der Waals surface area contributed by atoms with Crippen LogP contribution in [0.3, 0.4) is 0 Å². The summed E-state index contributed by atoms with van der Waals surface area (Å²) in [6, 6.07) is 13.8. The van der Waals surface area contributed by atoms with Crippen molar-refractivity contribution in [3.63, 3.8) is 0 Å². The van der Waals surface area contributed by atoms with E-state index in [9.17, 15) is 29.4 Å². The fourth-order valence-electron chi connectivity index (χ4n) is 6.68. The van der Waals surface area contributed by atoms with Crippen molar-refractivity contribution in [3.8, 4) is 0 Å². The molecule has 2 aromatic rings. The monoisotopic (exact) mass is 791 g/mol. The third-order valence-electron chi connectivity index (χ3n) is 9.54. The molecule has 3 N–H and O–H groups in total. The molecule has 2 saturated heterocycles. The average molecular weight is 793 g/mol. The Labute approximate surface area is 314 Å². The van der Waals surface area contributed by atoms with E-state index in [0.29, 0.717) is 83.2 Å². The molecule has 4 rings (SSSR count). The third-order valence-corrected chi connectivity index (χ3v) is 10.3. The van der Waals surface area contributed by atoms with Crippen LogP contribution in [0.1, 0.15) is 30.9 Å². The molecule has 0 spiro atoms. The topological polar surface area (TPSA) is 140 Å². The summed E-state index contributed by atoms with van der Waals surface area (Å²) in [5.41, 5.74) is 2.44. The quantitative estimate of drug-likeness (QED) is 0.271. The maximum Gasteiger partial charge on any atom is 0.407 e. The fourth-order valence-corrected chi connectivity index (χ4v) is 7.23. The van der Waals surface area contributed by atoms with Crippen molar-refractivity contribution in [2.45, 2.75) is 38.6 Å². The number of hydrogen-bond donors (Lipinski definition) is 3. The highest BCUT2D eigenvalue weighted by atomic mass is 79.9. The first-order valence-electron chi connectivity index (χ1n) is 17.4. The Hall–Kier alpha value is -3.43. The van der Waals surface area contributed by atoms with Gasteiger partial charge in [0.05, 0.1) is 25.2 Å². The third kappa shape index (κ3) is 12.3. The Morgan fingerprint density at radius 1 is 0.902 bits per heavy atom. The summed E-state index contributed by atoms with van der Waals surface area (Å²) in [4.78, 5) is 61.0. The summed E-state index contributed by atoms with van der Waals surface area (Å²) in [7, 11) is 1.96. The van der Waals surface area contributed by atoms with Gasteiger partial charge >= 0.3 is 18.1 Å². The SMILES string of the molecule is Cc1cc(Cl)cc(N2C[C@](C)(Cc3ccc(Br)cc3)N(CCCCNC(=O)CN3CCN(C)CCN(CC(=O)O)CCN(C(=O)O)CC3)C2=O)c1. The number of anilines is 1. The highest BCUT2D eigenvalue weighted by molar-refractivity contribution is 9.10. The molecule has 13 nitrogen and oxygen atoms in total. The number of carboxylic acids is 1. The van der Waals surface area contributed by atoms with Crippen molar-refractivity contribution < 1.29 is 29.4 Å². The number of urea groups is 1. The van der Waals surface area contributed by atoms with E-state index in [0.717, 1.165) is 21.3 Å². The van der Waals surface area contributed by atoms with Crippen LogP contribution in [0.5, 0.6) is 0 Å². The van der Waals surface area contributed by atoms with Gasteiger partial charge in [0.2, 0.25) is 5.91 Å². The van der Waals surface area contributed by atoms with Crippen LogP contribution in [0, 0.1) is 6.92 Å². The van der Waals surface area contributed by atoms with Crippen molar-refractivity contribution in [3.05, 3.63) is 63.1 Å². The summed E-state index contributed by atoms with van der Waals surface area (Å²) >= 11 is 9.89. The first-order valence-corrected chi connectivity index (χ1v) is 18.6. The van der Waals surface area contributed by atoms with Gasteiger partial charge < -0.3 is 30.2 Å². The fraction of sp³-hybridized carbons (Fsp3) is 0.556. The van der Waals surface area contributed by atoms with Crippen molar-refractivity contribution in [2.75, 3.05) is 97.0 Å². The lowest BCUT2D eigenvalue weighted by Gasteiger charge is -2.34. The normalized spacial score (nSPS) is 20.3. The minimum atomic E-state index is -1.07. The molecule has 51 heavy (non-hydrogen) atoms. The van der Waals surface area contributed by atoms with Crippen LogP contribution in [0.4, 0.5) is 15.3 Å². The lowest BCUT2D eigenvalue weighted by atomic mass is 9.91. The number of nitrogens with one attached hydrogen (secondary N) is 1. The van der Waals surface area contributed by atoms with Gasteiger partial charge in [-0.2, -0.15) is 0 Å². The number of rotatable bonds is 12. The molecule has 280 valence electrons. The molecule has 2 aliphatic heterocycles. The zero-order valence-corrected chi connectivity index (χ0v) is 32.2. The Bertz CT molecular complexity index is 1500. The van der Waals surface area contributed by atoms with Gasteiger partial charge in [-0.15, -0.1) is 0 Å². The summed E-state index contributed by atoms with van der Waals surface area (Å²) < 4.78 is 0.998. The highest BCUT2D eigenvalue weighted by Crippen LogP contribution is 2.35. The Morgan fingerprint density at radius 3 is 2.14 bits per heavy atom.